The molecule has 0 N–H and O–H groups in total. The van der Waals surface area contributed by atoms with Crippen LogP contribution in [-0.2, 0) is 27.1 Å². The lowest BCUT2D eigenvalue weighted by Gasteiger charge is -2.49. The Labute approximate surface area is 387 Å². The first-order valence-corrected chi connectivity index (χ1v) is 24.1. The maximum atomic E-state index is 17.5. The number of aryl methyl sites for hydroxylation is 2. The van der Waals surface area contributed by atoms with E-state index >= 15 is 4.39 Å². The van der Waals surface area contributed by atoms with Crippen LogP contribution in [0.5, 0.6) is 0 Å². The van der Waals surface area contributed by atoms with E-state index < -0.39 is 0 Å². The van der Waals surface area contributed by atoms with Crippen LogP contribution in [0, 0.1) is 19.7 Å². The summed E-state index contributed by atoms with van der Waals surface area (Å²) in [4.78, 5) is 4.87. The van der Waals surface area contributed by atoms with Crippen LogP contribution in [0.25, 0.3) is 22.1 Å². The molecule has 0 unspecified atom stereocenters. The van der Waals surface area contributed by atoms with Gasteiger partial charge in [0.05, 0.1) is 17.0 Å². The monoisotopic (exact) mass is 859 g/mol. The van der Waals surface area contributed by atoms with Crippen molar-refractivity contribution in [2.45, 2.75) is 143 Å². The standard InChI is InChI=1S/C60H64BFN2O/c1-35-19-24-50-41(29-35)53-55(65-50)61-45-22-21-42-51(60(12,13)28-27-57(42,6)7)54(45)64(47-34-44-43(58(8,9)25-26-59(44,10)11)33-40(47)37-17-15-14-16-18-37)49-32-39(62)31-48(52(49)61)63(53)46-23-20-38(30-36(46)2)56(3,4)5/h14-24,29-34H,25-28H2,1-13H3. The minimum atomic E-state index is -0.278. The van der Waals surface area contributed by atoms with Gasteiger partial charge in [0.25, 0.3) is 6.71 Å². The molecule has 7 aromatic rings. The van der Waals surface area contributed by atoms with E-state index in [4.69, 9.17) is 4.42 Å². The molecule has 0 fully saturated rings. The van der Waals surface area contributed by atoms with Gasteiger partial charge in [-0.25, -0.2) is 4.39 Å². The Morgan fingerprint density at radius 1 is 0.585 bits per heavy atom. The highest BCUT2D eigenvalue weighted by Gasteiger charge is 2.51. The van der Waals surface area contributed by atoms with Gasteiger partial charge in [0.2, 0.25) is 0 Å². The second-order valence-corrected chi connectivity index (χ2v) is 23.8. The fourth-order valence-corrected chi connectivity index (χ4v) is 12.3. The molecule has 330 valence electrons. The summed E-state index contributed by atoms with van der Waals surface area (Å²) in [6.07, 6.45) is 4.36. The van der Waals surface area contributed by atoms with Crippen molar-refractivity contribution in [2.75, 3.05) is 9.80 Å². The van der Waals surface area contributed by atoms with E-state index in [1.165, 1.54) is 44.5 Å². The summed E-state index contributed by atoms with van der Waals surface area (Å²) in [5.41, 5.74) is 21.2. The molecule has 0 saturated carbocycles. The van der Waals surface area contributed by atoms with Crippen LogP contribution < -0.4 is 26.4 Å². The molecular weight excluding hydrogens is 794 g/mol. The lowest BCUT2D eigenvalue weighted by Crippen LogP contribution is -2.61. The molecule has 0 amide bonds. The van der Waals surface area contributed by atoms with E-state index in [0.29, 0.717) is 0 Å². The lowest BCUT2D eigenvalue weighted by atomic mass is 9.35. The Morgan fingerprint density at radius 3 is 1.85 bits per heavy atom. The van der Waals surface area contributed by atoms with E-state index in [2.05, 4.69) is 191 Å². The van der Waals surface area contributed by atoms with E-state index in [9.17, 15) is 0 Å². The fourth-order valence-electron chi connectivity index (χ4n) is 12.3. The topological polar surface area (TPSA) is 19.6 Å². The van der Waals surface area contributed by atoms with Gasteiger partial charge in [-0.15, -0.1) is 0 Å². The van der Waals surface area contributed by atoms with E-state index in [0.717, 1.165) is 92.9 Å². The Morgan fingerprint density at radius 2 is 1.20 bits per heavy atom. The van der Waals surface area contributed by atoms with Crippen LogP contribution in [0.3, 0.4) is 0 Å². The predicted octanol–water partition coefficient (Wildman–Crippen LogP) is 14.9. The van der Waals surface area contributed by atoms with Gasteiger partial charge in [0, 0.05) is 33.7 Å². The quantitative estimate of drug-likeness (QED) is 0.165. The fraction of sp³-hybridized carbons (Fsp3) is 0.367. The molecule has 11 rings (SSSR count). The van der Waals surface area contributed by atoms with Gasteiger partial charge in [-0.05, 0) is 159 Å². The first kappa shape index (κ1) is 42.1. The minimum absolute atomic E-state index is 0.00202. The Balaban J connectivity index is 1.32. The van der Waals surface area contributed by atoms with Gasteiger partial charge in [-0.3, -0.25) is 0 Å². The third-order valence-electron chi connectivity index (χ3n) is 16.3. The summed E-state index contributed by atoms with van der Waals surface area (Å²) in [7, 11) is 0. The second kappa shape index (κ2) is 13.8. The molecule has 3 heterocycles. The molecule has 2 aliphatic heterocycles. The molecular formula is C60H64BFN2O. The Hall–Kier alpha value is -5.55. The molecule has 6 aromatic carbocycles. The maximum Gasteiger partial charge on any atom is 0.297 e. The summed E-state index contributed by atoms with van der Waals surface area (Å²) < 4.78 is 24.8. The lowest BCUT2D eigenvalue weighted by molar-refractivity contribution is 0.332. The third kappa shape index (κ3) is 6.19. The number of rotatable bonds is 3. The second-order valence-electron chi connectivity index (χ2n) is 23.8. The van der Waals surface area contributed by atoms with Gasteiger partial charge in [-0.1, -0.05) is 142 Å². The minimum Gasteiger partial charge on any atom is -0.468 e. The van der Waals surface area contributed by atoms with Crippen molar-refractivity contribution in [2.24, 2.45) is 0 Å². The van der Waals surface area contributed by atoms with E-state index in [-0.39, 0.29) is 39.6 Å². The van der Waals surface area contributed by atoms with Crippen molar-refractivity contribution in [1.29, 1.82) is 0 Å². The van der Waals surface area contributed by atoms with Crippen molar-refractivity contribution in [3.05, 3.63) is 148 Å². The van der Waals surface area contributed by atoms with Crippen LogP contribution >= 0.6 is 0 Å². The van der Waals surface area contributed by atoms with Crippen molar-refractivity contribution in [3.63, 3.8) is 0 Å². The van der Waals surface area contributed by atoms with Crippen molar-refractivity contribution in [1.82, 2.24) is 0 Å². The van der Waals surface area contributed by atoms with Crippen LogP contribution in [0.15, 0.2) is 108 Å². The molecule has 0 atom stereocenters. The zero-order chi connectivity index (χ0) is 45.9. The average molecular weight is 859 g/mol. The maximum absolute atomic E-state index is 17.5. The molecule has 1 aromatic heterocycles. The van der Waals surface area contributed by atoms with Gasteiger partial charge in [-0.2, -0.15) is 0 Å². The number of hydrogen-bond donors (Lipinski definition) is 0. The highest BCUT2D eigenvalue weighted by atomic mass is 19.1. The smallest absolute Gasteiger partial charge is 0.297 e. The van der Waals surface area contributed by atoms with Gasteiger partial charge in [0.15, 0.2) is 0 Å². The summed E-state index contributed by atoms with van der Waals surface area (Å²) in [5.74, 6) is -0.252. The van der Waals surface area contributed by atoms with Crippen LogP contribution in [0.4, 0.5) is 38.5 Å². The predicted molar refractivity (Wildman–Crippen MR) is 274 cm³/mol. The van der Waals surface area contributed by atoms with Crippen LogP contribution in [-0.4, -0.2) is 6.71 Å². The highest BCUT2D eigenvalue weighted by molar-refractivity contribution is 7.00. The first-order valence-electron chi connectivity index (χ1n) is 24.1. The largest absolute Gasteiger partial charge is 0.468 e. The number of nitrogens with zero attached hydrogens (tertiary/aromatic N) is 2. The molecule has 0 spiro atoms. The summed E-state index contributed by atoms with van der Waals surface area (Å²) in [6.45, 7) is 30.2. The molecule has 4 aliphatic rings. The summed E-state index contributed by atoms with van der Waals surface area (Å²) in [6, 6.07) is 37.8. The van der Waals surface area contributed by atoms with Crippen LogP contribution in [0.2, 0.25) is 0 Å². The average Bonchev–Trinajstić information content (AvgIpc) is 3.61. The molecule has 5 heteroatoms. The van der Waals surface area contributed by atoms with Crippen molar-refractivity contribution >= 4 is 68.4 Å². The van der Waals surface area contributed by atoms with Crippen molar-refractivity contribution < 1.29 is 8.81 Å². The SMILES string of the molecule is Cc1ccc2oc3c(c2c1)N(c1ccc(C(C)(C)C)cc1C)c1cc(F)cc2c1B3c1ccc3c(c1N2c1cc2c(cc1-c1ccccc1)C(C)(C)CCC2(C)C)C(C)(C)CCC3(C)C. The molecule has 0 saturated heterocycles. The Bertz CT molecular complexity index is 3140. The molecule has 3 nitrogen and oxygen atoms in total. The van der Waals surface area contributed by atoms with Crippen molar-refractivity contribution in [3.8, 4) is 11.1 Å². The molecule has 0 radical (unpaired) electrons. The number of fused-ring (bicyclic) bond motifs is 9. The zero-order valence-electron chi connectivity index (χ0n) is 40.9. The molecule has 65 heavy (non-hydrogen) atoms. The highest BCUT2D eigenvalue weighted by Crippen LogP contribution is 2.57. The van der Waals surface area contributed by atoms with E-state index in [1.54, 1.807) is 6.07 Å². The summed E-state index contributed by atoms with van der Waals surface area (Å²) in [5, 5.41) is 1.05. The normalized spacial score (nSPS) is 18.5. The van der Waals surface area contributed by atoms with Gasteiger partial charge >= 0.3 is 0 Å². The number of furan rings is 1. The molecule has 0 bridgehead atoms. The van der Waals surface area contributed by atoms with Crippen LogP contribution in [0.1, 0.15) is 141 Å². The zero-order valence-corrected chi connectivity index (χ0v) is 40.9. The first-order chi connectivity index (χ1) is 30.6. The third-order valence-corrected chi connectivity index (χ3v) is 16.3. The van der Waals surface area contributed by atoms with Gasteiger partial charge in [0.1, 0.15) is 11.4 Å². The number of benzene rings is 6. The number of hydrogen-bond acceptors (Lipinski definition) is 3. The molecule has 2 aliphatic carbocycles. The van der Waals surface area contributed by atoms with E-state index in [1.807, 2.05) is 6.07 Å². The Kier molecular flexibility index (Phi) is 8.91. The number of anilines is 6. The number of halogens is 1. The summed E-state index contributed by atoms with van der Waals surface area (Å²) >= 11 is 0. The van der Waals surface area contributed by atoms with Gasteiger partial charge < -0.3 is 14.2 Å².